The second kappa shape index (κ2) is 7.59. The minimum Gasteiger partial charge on any atom is -0.461 e. The number of carbonyl (C=O) groups is 2. The second-order valence-electron chi connectivity index (χ2n) is 7.03. The SMILES string of the molecule is Cc1nnc(SCC(=O)N2CCC3(CC2)CC(CN(C)C)OC3=O)s1. The van der Waals surface area contributed by atoms with Crippen LogP contribution in [0.5, 0.6) is 0 Å². The Balaban J connectivity index is 1.49. The number of cyclic esters (lactones) is 1. The van der Waals surface area contributed by atoms with Crippen molar-refractivity contribution >= 4 is 35.0 Å². The number of carbonyl (C=O) groups excluding carboxylic acids is 2. The van der Waals surface area contributed by atoms with Gasteiger partial charge in [-0.1, -0.05) is 23.1 Å². The van der Waals surface area contributed by atoms with E-state index in [9.17, 15) is 9.59 Å². The number of nitrogens with zero attached hydrogens (tertiary/aromatic N) is 4. The van der Waals surface area contributed by atoms with E-state index < -0.39 is 0 Å². The summed E-state index contributed by atoms with van der Waals surface area (Å²) in [6.45, 7) is 3.91. The van der Waals surface area contributed by atoms with E-state index in [4.69, 9.17) is 4.74 Å². The van der Waals surface area contributed by atoms with Crippen LogP contribution in [-0.2, 0) is 14.3 Å². The van der Waals surface area contributed by atoms with Crippen molar-refractivity contribution in [3.05, 3.63) is 5.01 Å². The minimum absolute atomic E-state index is 0.0269. The molecule has 0 bridgehead atoms. The molecule has 2 fully saturated rings. The minimum atomic E-state index is -0.388. The van der Waals surface area contributed by atoms with Gasteiger partial charge in [-0.05, 0) is 33.9 Å². The molecule has 2 saturated heterocycles. The zero-order valence-electron chi connectivity index (χ0n) is 14.9. The highest BCUT2D eigenvalue weighted by Gasteiger charge is 2.50. The molecule has 0 N–H and O–H groups in total. The predicted molar refractivity (Wildman–Crippen MR) is 96.7 cm³/mol. The number of hydrogen-bond acceptors (Lipinski definition) is 8. The van der Waals surface area contributed by atoms with Gasteiger partial charge in [0.2, 0.25) is 5.91 Å². The molecule has 1 amide bonds. The van der Waals surface area contributed by atoms with E-state index >= 15 is 0 Å². The van der Waals surface area contributed by atoms with Gasteiger partial charge in [0.25, 0.3) is 0 Å². The smallest absolute Gasteiger partial charge is 0.312 e. The fourth-order valence-electron chi connectivity index (χ4n) is 3.49. The molecular weight excluding hydrogens is 360 g/mol. The van der Waals surface area contributed by atoms with Gasteiger partial charge in [0.15, 0.2) is 4.34 Å². The molecule has 0 saturated carbocycles. The van der Waals surface area contributed by atoms with Crippen LogP contribution in [0.2, 0.25) is 0 Å². The molecule has 1 unspecified atom stereocenters. The van der Waals surface area contributed by atoms with Gasteiger partial charge in [-0.25, -0.2) is 0 Å². The fraction of sp³-hybridized carbons (Fsp3) is 0.750. The summed E-state index contributed by atoms with van der Waals surface area (Å²) in [5.74, 6) is 0.393. The van der Waals surface area contributed by atoms with Crippen molar-refractivity contribution in [1.82, 2.24) is 20.0 Å². The summed E-state index contributed by atoms with van der Waals surface area (Å²) in [6.07, 6.45) is 2.14. The Hall–Kier alpha value is -1.19. The van der Waals surface area contributed by atoms with Crippen LogP contribution in [0.25, 0.3) is 0 Å². The first-order chi connectivity index (χ1) is 11.9. The summed E-state index contributed by atoms with van der Waals surface area (Å²) in [7, 11) is 3.97. The molecule has 0 aromatic carbocycles. The zero-order chi connectivity index (χ0) is 18.0. The first-order valence-corrected chi connectivity index (χ1v) is 10.2. The normalized spacial score (nSPS) is 22.6. The molecule has 3 rings (SSSR count). The molecule has 1 aromatic heterocycles. The lowest BCUT2D eigenvalue weighted by Gasteiger charge is -2.36. The number of amides is 1. The highest BCUT2D eigenvalue weighted by Crippen LogP contribution is 2.43. The molecule has 3 heterocycles. The van der Waals surface area contributed by atoms with E-state index in [1.165, 1.54) is 23.1 Å². The quantitative estimate of drug-likeness (QED) is 0.561. The van der Waals surface area contributed by atoms with E-state index in [1.807, 2.05) is 30.8 Å². The van der Waals surface area contributed by atoms with Crippen molar-refractivity contribution < 1.29 is 14.3 Å². The van der Waals surface area contributed by atoms with E-state index in [-0.39, 0.29) is 23.4 Å². The number of hydrogen-bond donors (Lipinski definition) is 0. The Bertz CT molecular complexity index is 641. The third kappa shape index (κ3) is 4.32. The molecule has 7 nitrogen and oxygen atoms in total. The van der Waals surface area contributed by atoms with Crippen LogP contribution in [0, 0.1) is 12.3 Å². The lowest BCUT2D eigenvalue weighted by Crippen LogP contribution is -2.45. The Morgan fingerprint density at radius 3 is 2.72 bits per heavy atom. The van der Waals surface area contributed by atoms with Gasteiger partial charge in [0, 0.05) is 26.1 Å². The molecule has 2 aliphatic rings. The van der Waals surface area contributed by atoms with E-state index in [0.717, 1.165) is 22.3 Å². The third-order valence-electron chi connectivity index (χ3n) is 4.79. The largest absolute Gasteiger partial charge is 0.461 e. The Kier molecular flexibility index (Phi) is 5.65. The standard InChI is InChI=1S/C16H24N4O3S2/c1-11-17-18-15(25-11)24-10-13(21)20-6-4-16(5-7-20)8-12(9-19(2)3)23-14(16)22/h12H,4-10H2,1-3H3. The molecule has 1 spiro atoms. The van der Waals surface area contributed by atoms with Crippen molar-refractivity contribution in [1.29, 1.82) is 0 Å². The van der Waals surface area contributed by atoms with Crippen LogP contribution in [0.3, 0.4) is 0 Å². The van der Waals surface area contributed by atoms with Crippen molar-refractivity contribution in [2.75, 3.05) is 39.5 Å². The monoisotopic (exact) mass is 384 g/mol. The molecule has 25 heavy (non-hydrogen) atoms. The zero-order valence-corrected chi connectivity index (χ0v) is 16.5. The Morgan fingerprint density at radius 1 is 1.40 bits per heavy atom. The number of likely N-dealkylation sites (tertiary alicyclic amines) is 1. The van der Waals surface area contributed by atoms with Crippen LogP contribution in [0.4, 0.5) is 0 Å². The van der Waals surface area contributed by atoms with Crippen molar-refractivity contribution in [2.45, 2.75) is 36.6 Å². The lowest BCUT2D eigenvalue weighted by molar-refractivity contribution is -0.152. The van der Waals surface area contributed by atoms with Crippen LogP contribution in [0.1, 0.15) is 24.3 Å². The van der Waals surface area contributed by atoms with E-state index in [2.05, 4.69) is 10.2 Å². The summed E-state index contributed by atoms with van der Waals surface area (Å²) in [5, 5.41) is 8.89. The topological polar surface area (TPSA) is 75.6 Å². The van der Waals surface area contributed by atoms with E-state index in [0.29, 0.717) is 31.7 Å². The summed E-state index contributed by atoms with van der Waals surface area (Å²) in [6, 6.07) is 0. The molecule has 0 radical (unpaired) electrons. The number of rotatable bonds is 5. The first kappa shape index (κ1) is 18.6. The van der Waals surface area contributed by atoms with Crippen molar-refractivity contribution in [3.63, 3.8) is 0 Å². The highest BCUT2D eigenvalue weighted by molar-refractivity contribution is 8.01. The summed E-state index contributed by atoms with van der Waals surface area (Å²) in [4.78, 5) is 28.7. The van der Waals surface area contributed by atoms with Crippen LogP contribution < -0.4 is 0 Å². The van der Waals surface area contributed by atoms with Gasteiger partial charge in [-0.3, -0.25) is 9.59 Å². The molecule has 138 valence electrons. The maximum Gasteiger partial charge on any atom is 0.312 e. The van der Waals surface area contributed by atoms with Gasteiger partial charge in [-0.2, -0.15) is 0 Å². The highest BCUT2D eigenvalue weighted by atomic mass is 32.2. The van der Waals surface area contributed by atoms with Crippen molar-refractivity contribution in [2.24, 2.45) is 5.41 Å². The first-order valence-electron chi connectivity index (χ1n) is 8.44. The number of aromatic nitrogens is 2. The number of thioether (sulfide) groups is 1. The summed E-state index contributed by atoms with van der Waals surface area (Å²) < 4.78 is 6.39. The Morgan fingerprint density at radius 2 is 2.12 bits per heavy atom. The number of ether oxygens (including phenoxy) is 1. The van der Waals surface area contributed by atoms with E-state index in [1.54, 1.807) is 0 Å². The molecular formula is C16H24N4O3S2. The van der Waals surface area contributed by atoms with Crippen molar-refractivity contribution in [3.8, 4) is 0 Å². The maximum atomic E-state index is 12.4. The number of aryl methyl sites for hydroxylation is 1. The lowest BCUT2D eigenvalue weighted by atomic mass is 9.76. The van der Waals surface area contributed by atoms with Crippen LogP contribution in [0.15, 0.2) is 4.34 Å². The molecule has 2 aliphatic heterocycles. The van der Waals surface area contributed by atoms with Gasteiger partial charge >= 0.3 is 5.97 Å². The second-order valence-corrected chi connectivity index (χ2v) is 9.43. The third-order valence-corrected chi connectivity index (χ3v) is 6.75. The van der Waals surface area contributed by atoms with Crippen LogP contribution in [-0.4, -0.2) is 77.5 Å². The van der Waals surface area contributed by atoms with Gasteiger partial charge < -0.3 is 14.5 Å². The average Bonchev–Trinajstić information content (AvgIpc) is 3.09. The molecule has 1 atom stereocenters. The predicted octanol–water partition coefficient (Wildman–Crippen LogP) is 1.42. The number of likely N-dealkylation sites (N-methyl/N-ethyl adjacent to an activating group) is 1. The molecule has 9 heteroatoms. The average molecular weight is 385 g/mol. The maximum absolute atomic E-state index is 12.4. The van der Waals surface area contributed by atoms with Gasteiger partial charge in [0.1, 0.15) is 11.1 Å². The number of piperidine rings is 1. The van der Waals surface area contributed by atoms with Crippen LogP contribution >= 0.6 is 23.1 Å². The molecule has 1 aromatic rings. The van der Waals surface area contributed by atoms with Gasteiger partial charge in [-0.15, -0.1) is 10.2 Å². The molecule has 0 aliphatic carbocycles. The van der Waals surface area contributed by atoms with Gasteiger partial charge in [0.05, 0.1) is 11.2 Å². The fourth-order valence-corrected chi connectivity index (χ4v) is 5.21. The summed E-state index contributed by atoms with van der Waals surface area (Å²) >= 11 is 2.93. The Labute approximate surface area is 156 Å². The number of esters is 1. The summed E-state index contributed by atoms with van der Waals surface area (Å²) in [5.41, 5.74) is -0.388.